The van der Waals surface area contributed by atoms with Gasteiger partial charge in [0.2, 0.25) is 11.7 Å². The van der Waals surface area contributed by atoms with Crippen LogP contribution in [0.5, 0.6) is 5.75 Å². The zero-order chi connectivity index (χ0) is 18.5. The summed E-state index contributed by atoms with van der Waals surface area (Å²) < 4.78 is 10.1. The predicted molar refractivity (Wildman–Crippen MR) is 90.6 cm³/mol. The van der Waals surface area contributed by atoms with Gasteiger partial charge in [-0.05, 0) is 24.3 Å². The molecular formula is C17H14N4O5. The maximum atomic E-state index is 12.1. The van der Waals surface area contributed by atoms with Crippen molar-refractivity contribution in [3.8, 4) is 17.1 Å². The number of ether oxygens (including phenoxy) is 1. The lowest BCUT2D eigenvalue weighted by molar-refractivity contribution is -0.384. The predicted octanol–water partition coefficient (Wildman–Crippen LogP) is 2.58. The molecule has 0 radical (unpaired) electrons. The van der Waals surface area contributed by atoms with Crippen molar-refractivity contribution < 1.29 is 19.0 Å². The molecule has 26 heavy (non-hydrogen) atoms. The number of aromatic nitrogens is 2. The van der Waals surface area contributed by atoms with E-state index in [4.69, 9.17) is 9.26 Å². The Bertz CT molecular complexity index is 936. The highest BCUT2D eigenvalue weighted by atomic mass is 16.6. The summed E-state index contributed by atoms with van der Waals surface area (Å²) in [5.41, 5.74) is 0.849. The number of amides is 1. The van der Waals surface area contributed by atoms with Crippen molar-refractivity contribution in [2.45, 2.75) is 6.54 Å². The molecule has 1 aromatic heterocycles. The molecule has 0 aliphatic rings. The fraction of sp³-hybridized carbons (Fsp3) is 0.118. The van der Waals surface area contributed by atoms with E-state index >= 15 is 0 Å². The van der Waals surface area contributed by atoms with Gasteiger partial charge in [0.05, 0.1) is 18.6 Å². The fourth-order valence-corrected chi connectivity index (χ4v) is 2.20. The van der Waals surface area contributed by atoms with Gasteiger partial charge in [-0.25, -0.2) is 0 Å². The number of rotatable bonds is 6. The minimum atomic E-state index is -0.500. The van der Waals surface area contributed by atoms with Crippen molar-refractivity contribution in [1.29, 1.82) is 0 Å². The number of hydrogen-bond donors (Lipinski definition) is 1. The Morgan fingerprint density at radius 2 is 2.04 bits per heavy atom. The second kappa shape index (κ2) is 7.43. The Hall–Kier alpha value is -3.75. The number of nitrogens with one attached hydrogen (secondary N) is 1. The maximum absolute atomic E-state index is 12.1. The lowest BCUT2D eigenvalue weighted by Crippen LogP contribution is -2.22. The van der Waals surface area contributed by atoms with E-state index in [0.29, 0.717) is 16.9 Å². The van der Waals surface area contributed by atoms with Crippen LogP contribution in [0, 0.1) is 10.1 Å². The Kier molecular flexibility index (Phi) is 4.88. The van der Waals surface area contributed by atoms with Crippen LogP contribution in [0.2, 0.25) is 0 Å². The van der Waals surface area contributed by atoms with Crippen molar-refractivity contribution >= 4 is 11.6 Å². The van der Waals surface area contributed by atoms with Gasteiger partial charge in [0.1, 0.15) is 5.75 Å². The fourth-order valence-electron chi connectivity index (χ4n) is 2.20. The highest BCUT2D eigenvalue weighted by Gasteiger charge is 2.13. The number of nitro benzene ring substituents is 1. The summed E-state index contributed by atoms with van der Waals surface area (Å²) in [5.74, 6) is 0.749. The molecule has 3 aromatic rings. The first-order valence-electron chi connectivity index (χ1n) is 7.56. The van der Waals surface area contributed by atoms with Gasteiger partial charge in [-0.1, -0.05) is 17.3 Å². The third kappa shape index (κ3) is 3.83. The summed E-state index contributed by atoms with van der Waals surface area (Å²) in [5, 5.41) is 17.3. The molecule has 0 aliphatic carbocycles. The summed E-state index contributed by atoms with van der Waals surface area (Å²) in [6.45, 7) is 0.0345. The van der Waals surface area contributed by atoms with E-state index in [1.54, 1.807) is 37.4 Å². The van der Waals surface area contributed by atoms with E-state index in [0.717, 1.165) is 0 Å². The minimum absolute atomic E-state index is 0.0345. The van der Waals surface area contributed by atoms with Crippen LogP contribution in [0.4, 0.5) is 5.69 Å². The molecule has 9 heteroatoms. The molecule has 1 heterocycles. The molecule has 0 aliphatic heterocycles. The van der Waals surface area contributed by atoms with E-state index in [1.807, 2.05) is 0 Å². The quantitative estimate of drug-likeness (QED) is 0.533. The van der Waals surface area contributed by atoms with Crippen molar-refractivity contribution in [2.24, 2.45) is 0 Å². The van der Waals surface area contributed by atoms with E-state index in [-0.39, 0.29) is 29.9 Å². The lowest BCUT2D eigenvalue weighted by Gasteiger charge is -2.03. The van der Waals surface area contributed by atoms with Crippen LogP contribution in [0.3, 0.4) is 0 Å². The van der Waals surface area contributed by atoms with Crippen LogP contribution in [-0.2, 0) is 6.54 Å². The number of non-ortho nitro benzene ring substituents is 1. The van der Waals surface area contributed by atoms with Crippen LogP contribution in [0.15, 0.2) is 53.1 Å². The Balaban J connectivity index is 1.65. The molecule has 0 saturated heterocycles. The third-order valence-corrected chi connectivity index (χ3v) is 3.54. The Morgan fingerprint density at radius 1 is 1.27 bits per heavy atom. The number of methoxy groups -OCH3 is 1. The van der Waals surface area contributed by atoms with E-state index in [9.17, 15) is 14.9 Å². The monoisotopic (exact) mass is 354 g/mol. The van der Waals surface area contributed by atoms with Crippen LogP contribution >= 0.6 is 0 Å². The molecule has 0 saturated carbocycles. The summed E-state index contributed by atoms with van der Waals surface area (Å²) in [4.78, 5) is 26.6. The minimum Gasteiger partial charge on any atom is -0.497 e. The van der Waals surface area contributed by atoms with E-state index in [1.165, 1.54) is 18.2 Å². The van der Waals surface area contributed by atoms with Gasteiger partial charge in [-0.2, -0.15) is 4.98 Å². The van der Waals surface area contributed by atoms with Gasteiger partial charge >= 0.3 is 0 Å². The third-order valence-electron chi connectivity index (χ3n) is 3.54. The molecule has 1 amide bonds. The van der Waals surface area contributed by atoms with Crippen LogP contribution in [0.1, 0.15) is 16.2 Å². The molecule has 0 unspecified atom stereocenters. The number of nitrogens with zero attached hydrogens (tertiary/aromatic N) is 3. The number of nitro groups is 1. The van der Waals surface area contributed by atoms with Crippen LogP contribution < -0.4 is 10.1 Å². The van der Waals surface area contributed by atoms with Crippen LogP contribution in [-0.4, -0.2) is 28.1 Å². The topological polar surface area (TPSA) is 120 Å². The number of carbonyl (C=O) groups excluding carboxylic acids is 1. The first kappa shape index (κ1) is 17.1. The molecule has 0 spiro atoms. The zero-order valence-electron chi connectivity index (χ0n) is 13.7. The van der Waals surface area contributed by atoms with Gasteiger partial charge in [0, 0.05) is 23.3 Å². The summed E-state index contributed by atoms with van der Waals surface area (Å²) in [6, 6.07) is 12.5. The lowest BCUT2D eigenvalue weighted by atomic mass is 10.2. The summed E-state index contributed by atoms with van der Waals surface area (Å²) in [7, 11) is 1.55. The average Bonchev–Trinajstić information content (AvgIpc) is 3.15. The molecule has 1 N–H and O–H groups in total. The molecule has 9 nitrogen and oxygen atoms in total. The number of hydrogen-bond acceptors (Lipinski definition) is 7. The molecule has 0 atom stereocenters. The number of carbonyl (C=O) groups is 1. The average molecular weight is 354 g/mol. The first-order chi connectivity index (χ1) is 12.6. The van der Waals surface area contributed by atoms with Crippen molar-refractivity contribution in [3.05, 3.63) is 70.1 Å². The highest BCUT2D eigenvalue weighted by molar-refractivity contribution is 5.94. The highest BCUT2D eigenvalue weighted by Crippen LogP contribution is 2.21. The van der Waals surface area contributed by atoms with Gasteiger partial charge in [0.25, 0.3) is 11.6 Å². The summed E-state index contributed by atoms with van der Waals surface area (Å²) >= 11 is 0. The molecule has 3 rings (SSSR count). The van der Waals surface area contributed by atoms with Crippen molar-refractivity contribution in [2.75, 3.05) is 7.11 Å². The van der Waals surface area contributed by atoms with Crippen molar-refractivity contribution in [1.82, 2.24) is 15.5 Å². The SMILES string of the molecule is COc1ccc(C(=O)NCc2nc(-c3cccc([N+](=O)[O-])c3)no2)cc1. The Labute approximate surface area is 147 Å². The second-order valence-corrected chi connectivity index (χ2v) is 5.23. The molecule has 2 aromatic carbocycles. The molecule has 0 bridgehead atoms. The van der Waals surface area contributed by atoms with Gasteiger partial charge < -0.3 is 14.6 Å². The van der Waals surface area contributed by atoms with Crippen molar-refractivity contribution in [3.63, 3.8) is 0 Å². The smallest absolute Gasteiger partial charge is 0.270 e. The van der Waals surface area contributed by atoms with E-state index < -0.39 is 4.92 Å². The van der Waals surface area contributed by atoms with Gasteiger partial charge in [-0.15, -0.1) is 0 Å². The zero-order valence-corrected chi connectivity index (χ0v) is 13.7. The van der Waals surface area contributed by atoms with E-state index in [2.05, 4.69) is 15.5 Å². The normalized spacial score (nSPS) is 10.3. The van der Waals surface area contributed by atoms with Crippen LogP contribution in [0.25, 0.3) is 11.4 Å². The largest absolute Gasteiger partial charge is 0.497 e. The standard InChI is InChI=1S/C17H14N4O5/c1-25-14-7-5-11(6-8-14)17(22)18-10-15-19-16(20-26-15)12-3-2-4-13(9-12)21(23)24/h2-9H,10H2,1H3,(H,18,22). The first-order valence-corrected chi connectivity index (χ1v) is 7.56. The molecule has 0 fully saturated rings. The van der Waals surface area contributed by atoms with Gasteiger partial charge in [0.15, 0.2) is 0 Å². The van der Waals surface area contributed by atoms with Gasteiger partial charge in [-0.3, -0.25) is 14.9 Å². The molecular weight excluding hydrogens is 340 g/mol. The Morgan fingerprint density at radius 3 is 2.73 bits per heavy atom. The molecule has 132 valence electrons. The second-order valence-electron chi connectivity index (χ2n) is 5.23. The summed E-state index contributed by atoms with van der Waals surface area (Å²) in [6.07, 6.45) is 0. The number of benzene rings is 2. The maximum Gasteiger partial charge on any atom is 0.270 e.